The lowest BCUT2D eigenvalue weighted by Crippen LogP contribution is -2.49. The second kappa shape index (κ2) is 7.13. The van der Waals surface area contributed by atoms with Gasteiger partial charge in [0.1, 0.15) is 17.8 Å². The van der Waals surface area contributed by atoms with Crippen molar-refractivity contribution >= 4 is 18.3 Å². The van der Waals surface area contributed by atoms with Gasteiger partial charge in [-0.05, 0) is 24.6 Å². The van der Waals surface area contributed by atoms with Crippen molar-refractivity contribution in [2.75, 3.05) is 0 Å². The van der Waals surface area contributed by atoms with Crippen molar-refractivity contribution in [3.05, 3.63) is 29.8 Å². The number of hydrogen-bond donors (Lipinski definition) is 4. The van der Waals surface area contributed by atoms with E-state index >= 15 is 0 Å². The third-order valence-electron chi connectivity index (χ3n) is 2.69. The van der Waals surface area contributed by atoms with Crippen molar-refractivity contribution in [2.45, 2.75) is 25.4 Å². The smallest absolute Gasteiger partial charge is 0.325 e. The average molecular weight is 280 g/mol. The number of carboxylic acid groups (broad SMARTS) is 1. The molecule has 0 radical (unpaired) electrons. The van der Waals surface area contributed by atoms with Crippen LogP contribution in [0.25, 0.3) is 0 Å². The van der Waals surface area contributed by atoms with E-state index in [9.17, 15) is 14.4 Å². The second-order valence-corrected chi connectivity index (χ2v) is 4.28. The predicted molar refractivity (Wildman–Crippen MR) is 70.0 cm³/mol. The number of hydrogen-bond acceptors (Lipinski definition) is 4. The second-order valence-electron chi connectivity index (χ2n) is 4.28. The molecule has 0 spiro atoms. The van der Waals surface area contributed by atoms with Gasteiger partial charge in [0.15, 0.2) is 0 Å². The fourth-order valence-electron chi connectivity index (χ4n) is 1.55. The molecule has 1 aromatic rings. The third kappa shape index (κ3) is 4.60. The molecule has 0 aromatic heterocycles. The number of aromatic hydroxyl groups is 1. The maximum Gasteiger partial charge on any atom is 0.325 e. The minimum Gasteiger partial charge on any atom is -0.508 e. The molecule has 0 saturated heterocycles. The number of phenols is 1. The molecule has 2 atom stereocenters. The molecule has 2 amide bonds. The molecular formula is C13H16N2O5. The summed E-state index contributed by atoms with van der Waals surface area (Å²) in [5.74, 6) is -1.65. The first-order valence-electron chi connectivity index (χ1n) is 5.95. The summed E-state index contributed by atoms with van der Waals surface area (Å²) in [4.78, 5) is 33.1. The summed E-state index contributed by atoms with van der Waals surface area (Å²) in [6.07, 6.45) is 0.577. The van der Waals surface area contributed by atoms with Crippen LogP contribution in [-0.4, -0.2) is 40.6 Å². The van der Waals surface area contributed by atoms with Crippen molar-refractivity contribution < 1.29 is 24.6 Å². The van der Waals surface area contributed by atoms with E-state index in [1.165, 1.54) is 19.1 Å². The number of carbonyl (C=O) groups is 3. The zero-order chi connectivity index (χ0) is 15.1. The Hall–Kier alpha value is -2.57. The molecule has 0 aliphatic carbocycles. The van der Waals surface area contributed by atoms with Crippen LogP contribution in [-0.2, 0) is 20.8 Å². The lowest BCUT2D eigenvalue weighted by Gasteiger charge is -2.18. The van der Waals surface area contributed by atoms with Gasteiger partial charge in [0, 0.05) is 6.42 Å². The molecule has 0 heterocycles. The molecule has 1 rings (SSSR count). The zero-order valence-corrected chi connectivity index (χ0v) is 10.9. The number of carboxylic acids is 1. The quantitative estimate of drug-likeness (QED) is 0.509. The van der Waals surface area contributed by atoms with Crippen molar-refractivity contribution in [1.82, 2.24) is 10.6 Å². The molecule has 20 heavy (non-hydrogen) atoms. The van der Waals surface area contributed by atoms with Crippen molar-refractivity contribution in [1.29, 1.82) is 0 Å². The van der Waals surface area contributed by atoms with Gasteiger partial charge in [-0.1, -0.05) is 12.1 Å². The summed E-state index contributed by atoms with van der Waals surface area (Å²) in [6.45, 7) is 1.33. The van der Waals surface area contributed by atoms with E-state index in [-0.39, 0.29) is 12.2 Å². The zero-order valence-electron chi connectivity index (χ0n) is 10.9. The first-order chi connectivity index (χ1) is 9.43. The van der Waals surface area contributed by atoms with Crippen LogP contribution in [0.5, 0.6) is 5.75 Å². The number of amides is 2. The Morgan fingerprint density at radius 3 is 2.40 bits per heavy atom. The molecule has 1 aromatic carbocycles. The fraction of sp³-hybridized carbons (Fsp3) is 0.308. The van der Waals surface area contributed by atoms with Crippen LogP contribution in [0, 0.1) is 0 Å². The predicted octanol–water partition coefficient (Wildman–Crippen LogP) is -0.361. The number of rotatable bonds is 7. The molecule has 7 heteroatoms. The van der Waals surface area contributed by atoms with Gasteiger partial charge in [-0.2, -0.15) is 0 Å². The molecular weight excluding hydrogens is 264 g/mol. The van der Waals surface area contributed by atoms with E-state index in [0.29, 0.717) is 6.41 Å². The topological polar surface area (TPSA) is 116 Å². The number of benzene rings is 1. The maximum absolute atomic E-state index is 11.9. The van der Waals surface area contributed by atoms with Gasteiger partial charge in [0.25, 0.3) is 0 Å². The van der Waals surface area contributed by atoms with Crippen molar-refractivity contribution in [2.24, 2.45) is 0 Å². The molecule has 7 nitrogen and oxygen atoms in total. The largest absolute Gasteiger partial charge is 0.508 e. The van der Waals surface area contributed by atoms with Crippen LogP contribution in [0.15, 0.2) is 24.3 Å². The average Bonchev–Trinajstić information content (AvgIpc) is 2.40. The summed E-state index contributed by atoms with van der Waals surface area (Å²) in [5.41, 5.74) is 0.722. The standard InChI is InChI=1S/C13H16N2O5/c1-8(13(19)20)15-12(18)11(14-7-16)6-9-2-4-10(17)5-3-9/h2-5,7-8,11,17H,6H2,1H3,(H,14,16)(H,15,18)(H,19,20)/t8-,11-/m0/s1. The molecule has 0 fully saturated rings. The van der Waals surface area contributed by atoms with E-state index < -0.39 is 24.0 Å². The van der Waals surface area contributed by atoms with E-state index in [4.69, 9.17) is 10.2 Å². The summed E-state index contributed by atoms with van der Waals surface area (Å²) >= 11 is 0. The van der Waals surface area contributed by atoms with E-state index in [1.54, 1.807) is 12.1 Å². The molecule has 0 saturated carbocycles. The van der Waals surface area contributed by atoms with Crippen LogP contribution in [0.4, 0.5) is 0 Å². The summed E-state index contributed by atoms with van der Waals surface area (Å²) in [6, 6.07) is 4.24. The minimum absolute atomic E-state index is 0.0950. The van der Waals surface area contributed by atoms with Gasteiger partial charge in [-0.3, -0.25) is 14.4 Å². The number of carbonyl (C=O) groups excluding carboxylic acids is 2. The lowest BCUT2D eigenvalue weighted by atomic mass is 10.0. The number of aliphatic carboxylic acids is 1. The molecule has 4 N–H and O–H groups in total. The first kappa shape index (κ1) is 15.5. The minimum atomic E-state index is -1.16. The maximum atomic E-state index is 11.9. The molecule has 0 aliphatic rings. The Balaban J connectivity index is 2.72. The monoisotopic (exact) mass is 280 g/mol. The van der Waals surface area contributed by atoms with Gasteiger partial charge in [-0.25, -0.2) is 0 Å². The van der Waals surface area contributed by atoms with Crippen LogP contribution in [0.2, 0.25) is 0 Å². The van der Waals surface area contributed by atoms with E-state index in [0.717, 1.165) is 5.56 Å². The van der Waals surface area contributed by atoms with Crippen molar-refractivity contribution in [3.63, 3.8) is 0 Å². The van der Waals surface area contributed by atoms with Crippen molar-refractivity contribution in [3.8, 4) is 5.75 Å². The van der Waals surface area contributed by atoms with Crippen LogP contribution in [0.1, 0.15) is 12.5 Å². The Kier molecular flexibility index (Phi) is 5.52. The van der Waals surface area contributed by atoms with Gasteiger partial charge in [0.2, 0.25) is 12.3 Å². The number of nitrogens with one attached hydrogen (secondary N) is 2. The molecule has 0 unspecified atom stereocenters. The SMILES string of the molecule is C[C@H](NC(=O)[C@H](Cc1ccc(O)cc1)NC=O)C(=O)O. The summed E-state index contributed by atoms with van der Waals surface area (Å²) in [7, 11) is 0. The molecule has 108 valence electrons. The Labute approximate surface area is 115 Å². The van der Waals surface area contributed by atoms with Crippen LogP contribution in [0.3, 0.4) is 0 Å². The molecule has 0 bridgehead atoms. The highest BCUT2D eigenvalue weighted by Gasteiger charge is 2.22. The highest BCUT2D eigenvalue weighted by Crippen LogP contribution is 2.11. The normalized spacial score (nSPS) is 13.1. The Morgan fingerprint density at radius 2 is 1.90 bits per heavy atom. The van der Waals surface area contributed by atoms with Crippen LogP contribution < -0.4 is 10.6 Å². The van der Waals surface area contributed by atoms with Gasteiger partial charge < -0.3 is 20.8 Å². The summed E-state index contributed by atoms with van der Waals surface area (Å²) in [5, 5.41) is 22.5. The third-order valence-corrected chi connectivity index (χ3v) is 2.69. The van der Waals surface area contributed by atoms with E-state index in [2.05, 4.69) is 10.6 Å². The van der Waals surface area contributed by atoms with Crippen LogP contribution >= 0.6 is 0 Å². The Morgan fingerprint density at radius 1 is 1.30 bits per heavy atom. The highest BCUT2D eigenvalue weighted by atomic mass is 16.4. The highest BCUT2D eigenvalue weighted by molar-refractivity contribution is 5.88. The van der Waals surface area contributed by atoms with Gasteiger partial charge in [0.05, 0.1) is 0 Å². The lowest BCUT2D eigenvalue weighted by molar-refractivity contribution is -0.141. The van der Waals surface area contributed by atoms with E-state index in [1.807, 2.05) is 0 Å². The molecule has 0 aliphatic heterocycles. The number of phenolic OH excluding ortho intramolecular Hbond substituents is 1. The Bertz CT molecular complexity index is 486. The summed E-state index contributed by atoms with van der Waals surface area (Å²) < 4.78 is 0. The van der Waals surface area contributed by atoms with Gasteiger partial charge >= 0.3 is 5.97 Å². The first-order valence-corrected chi connectivity index (χ1v) is 5.95. The van der Waals surface area contributed by atoms with Gasteiger partial charge in [-0.15, -0.1) is 0 Å². The fourth-order valence-corrected chi connectivity index (χ4v) is 1.55.